The Morgan fingerprint density at radius 3 is 2.55 bits per heavy atom. The number of hydrogen-bond donors (Lipinski definition) is 3. The van der Waals surface area contributed by atoms with Gasteiger partial charge in [-0.05, 0) is 37.6 Å². The van der Waals surface area contributed by atoms with Crippen LogP contribution in [0, 0.1) is 11.8 Å². The fourth-order valence-electron chi connectivity index (χ4n) is 3.18. The summed E-state index contributed by atoms with van der Waals surface area (Å²) in [5.41, 5.74) is 1.35. The van der Waals surface area contributed by atoms with E-state index in [1.807, 2.05) is 0 Å². The molecular weight excluding hydrogens is 404 g/mol. The third-order valence-corrected chi connectivity index (χ3v) is 7.23. The van der Waals surface area contributed by atoms with Crippen molar-refractivity contribution in [2.75, 3.05) is 13.2 Å². The lowest BCUT2D eigenvalue weighted by atomic mass is 9.90. The van der Waals surface area contributed by atoms with Crippen LogP contribution in [0.2, 0.25) is 0 Å². The summed E-state index contributed by atoms with van der Waals surface area (Å²) < 4.78 is 29.7. The maximum Gasteiger partial charge on any atom is 0.407 e. The summed E-state index contributed by atoms with van der Waals surface area (Å²) in [5, 5.41) is 18.3. The van der Waals surface area contributed by atoms with Gasteiger partial charge in [0.15, 0.2) is 14.6 Å². The number of ether oxygens (including phenoxy) is 1. The molecular formula is C18H20N2O8S. The lowest BCUT2D eigenvalue weighted by molar-refractivity contribution is -0.134. The summed E-state index contributed by atoms with van der Waals surface area (Å²) in [6.45, 7) is 1.39. The highest BCUT2D eigenvalue weighted by atomic mass is 32.2. The first-order valence-electron chi connectivity index (χ1n) is 8.50. The van der Waals surface area contributed by atoms with Crippen molar-refractivity contribution < 1.29 is 37.9 Å². The number of carbonyl (C=O) groups is 3. The zero-order valence-electron chi connectivity index (χ0n) is 15.5. The molecule has 2 atom stereocenters. The van der Waals surface area contributed by atoms with Crippen molar-refractivity contribution >= 4 is 28.1 Å². The standard InChI is InChI=1S/C18H20N2O8S/c1-2-3-10-28-14-4-6-15(7-5-14)29(26,27)18(16(22)19-25)8-9-20(17(23)24)13(11-18)12-21/h4-7,12-13,25H,8-11H2,1H3,(H,19,22)(H,23,24). The summed E-state index contributed by atoms with van der Waals surface area (Å²) in [6, 6.07) is 3.88. The molecule has 3 N–H and O–H groups in total. The number of nitrogens with zero attached hydrogens (tertiary/aromatic N) is 1. The number of hydrogen-bond acceptors (Lipinski definition) is 7. The Balaban J connectivity index is 2.43. The molecule has 1 fully saturated rings. The van der Waals surface area contributed by atoms with Gasteiger partial charge in [-0.3, -0.25) is 14.9 Å². The third-order valence-electron chi connectivity index (χ3n) is 4.75. The van der Waals surface area contributed by atoms with Crippen LogP contribution in [0.4, 0.5) is 4.79 Å². The van der Waals surface area contributed by atoms with Gasteiger partial charge in [0.05, 0.1) is 10.9 Å². The summed E-state index contributed by atoms with van der Waals surface area (Å²) in [7, 11) is -4.40. The highest BCUT2D eigenvalue weighted by molar-refractivity contribution is 7.93. The van der Waals surface area contributed by atoms with E-state index in [1.54, 1.807) is 6.92 Å². The molecule has 0 aromatic heterocycles. The molecule has 1 aliphatic heterocycles. The number of sulfone groups is 1. The van der Waals surface area contributed by atoms with Crippen LogP contribution >= 0.6 is 0 Å². The van der Waals surface area contributed by atoms with Crippen LogP contribution < -0.4 is 10.2 Å². The molecule has 1 aromatic carbocycles. The molecule has 0 aliphatic carbocycles. The molecule has 1 aromatic rings. The molecule has 2 amide bonds. The highest BCUT2D eigenvalue weighted by Crippen LogP contribution is 2.38. The van der Waals surface area contributed by atoms with E-state index in [9.17, 15) is 27.9 Å². The molecule has 0 radical (unpaired) electrons. The van der Waals surface area contributed by atoms with Gasteiger partial charge in [0, 0.05) is 13.0 Å². The van der Waals surface area contributed by atoms with Crippen LogP contribution in [-0.4, -0.2) is 65.9 Å². The van der Waals surface area contributed by atoms with Gasteiger partial charge in [0.2, 0.25) is 0 Å². The van der Waals surface area contributed by atoms with Crippen LogP contribution in [0.25, 0.3) is 0 Å². The zero-order chi connectivity index (χ0) is 21.7. The Morgan fingerprint density at radius 1 is 1.38 bits per heavy atom. The van der Waals surface area contributed by atoms with Gasteiger partial charge >= 0.3 is 6.09 Å². The minimum Gasteiger partial charge on any atom is -0.481 e. The highest BCUT2D eigenvalue weighted by Gasteiger charge is 2.56. The molecule has 10 nitrogen and oxygen atoms in total. The van der Waals surface area contributed by atoms with E-state index in [1.165, 1.54) is 29.7 Å². The van der Waals surface area contributed by atoms with Crippen LogP contribution in [0.5, 0.6) is 5.75 Å². The monoisotopic (exact) mass is 424 g/mol. The molecule has 0 bridgehead atoms. The Labute approximate surface area is 167 Å². The third kappa shape index (κ3) is 4.18. The minimum absolute atomic E-state index is 0.117. The van der Waals surface area contributed by atoms with Gasteiger partial charge in [-0.15, -0.1) is 5.92 Å². The number of likely N-dealkylation sites (tertiary alicyclic amines) is 1. The van der Waals surface area contributed by atoms with E-state index in [0.717, 1.165) is 4.90 Å². The number of aldehydes is 1. The summed E-state index contributed by atoms with van der Waals surface area (Å²) in [6.07, 6.45) is -2.19. The molecule has 2 unspecified atom stereocenters. The summed E-state index contributed by atoms with van der Waals surface area (Å²) in [5.74, 6) is 4.47. The van der Waals surface area contributed by atoms with Gasteiger partial charge in [-0.2, -0.15) is 0 Å². The fraction of sp³-hybridized carbons (Fsp3) is 0.389. The van der Waals surface area contributed by atoms with Crippen molar-refractivity contribution in [1.29, 1.82) is 0 Å². The second-order valence-electron chi connectivity index (χ2n) is 6.26. The van der Waals surface area contributed by atoms with Crippen molar-refractivity contribution in [3.8, 4) is 17.6 Å². The molecule has 29 heavy (non-hydrogen) atoms. The van der Waals surface area contributed by atoms with E-state index in [0.29, 0.717) is 5.75 Å². The van der Waals surface area contributed by atoms with Crippen molar-refractivity contribution in [1.82, 2.24) is 10.4 Å². The average Bonchev–Trinajstić information content (AvgIpc) is 2.72. The Hall–Kier alpha value is -3.10. The van der Waals surface area contributed by atoms with Crippen molar-refractivity contribution in [3.05, 3.63) is 24.3 Å². The first-order valence-corrected chi connectivity index (χ1v) is 9.98. The number of piperidine rings is 1. The van der Waals surface area contributed by atoms with Gasteiger partial charge < -0.3 is 14.6 Å². The SMILES string of the molecule is CC#CCOc1ccc(S(=O)(=O)C2(C(=O)NO)CCN(C(=O)O)C(C=O)C2)cc1. The molecule has 156 valence electrons. The number of hydroxylamine groups is 1. The quantitative estimate of drug-likeness (QED) is 0.258. The van der Waals surface area contributed by atoms with Crippen LogP contribution in [0.3, 0.4) is 0 Å². The molecule has 0 saturated carbocycles. The van der Waals surface area contributed by atoms with Crippen molar-refractivity contribution in [3.63, 3.8) is 0 Å². The normalized spacial score (nSPS) is 21.4. The maximum atomic E-state index is 13.3. The number of rotatable bonds is 6. The maximum absolute atomic E-state index is 13.3. The van der Waals surface area contributed by atoms with Gasteiger partial charge in [-0.1, -0.05) is 5.92 Å². The number of benzene rings is 1. The van der Waals surface area contributed by atoms with E-state index in [-0.39, 0.29) is 24.3 Å². The minimum atomic E-state index is -4.40. The van der Waals surface area contributed by atoms with E-state index in [4.69, 9.17) is 9.94 Å². The van der Waals surface area contributed by atoms with Crippen LogP contribution in [0.15, 0.2) is 29.2 Å². The molecule has 1 saturated heterocycles. The molecule has 2 rings (SSSR count). The molecule has 0 spiro atoms. The second kappa shape index (κ2) is 8.93. The Kier molecular flexibility index (Phi) is 6.84. The smallest absolute Gasteiger partial charge is 0.407 e. The Bertz CT molecular complexity index is 948. The number of carbonyl (C=O) groups excluding carboxylic acids is 2. The summed E-state index contributed by atoms with van der Waals surface area (Å²) in [4.78, 5) is 35.6. The first kappa shape index (κ1) is 22.2. The first-order chi connectivity index (χ1) is 13.7. The Morgan fingerprint density at radius 2 is 2.03 bits per heavy atom. The molecule has 1 heterocycles. The zero-order valence-corrected chi connectivity index (χ0v) is 16.3. The number of carboxylic acid groups (broad SMARTS) is 1. The number of amides is 2. The predicted octanol–water partition coefficient (Wildman–Crippen LogP) is 0.448. The van der Waals surface area contributed by atoms with Gasteiger partial charge in [0.25, 0.3) is 5.91 Å². The molecule has 11 heteroatoms. The predicted molar refractivity (Wildman–Crippen MR) is 99.0 cm³/mol. The van der Waals surface area contributed by atoms with Gasteiger partial charge in [-0.25, -0.2) is 18.7 Å². The van der Waals surface area contributed by atoms with Gasteiger partial charge in [0.1, 0.15) is 18.6 Å². The fourth-order valence-corrected chi connectivity index (χ4v) is 5.17. The van der Waals surface area contributed by atoms with Crippen molar-refractivity contribution in [2.24, 2.45) is 0 Å². The van der Waals surface area contributed by atoms with E-state index < -0.39 is 45.5 Å². The summed E-state index contributed by atoms with van der Waals surface area (Å²) >= 11 is 0. The lowest BCUT2D eigenvalue weighted by Crippen LogP contribution is -2.61. The topological polar surface area (TPSA) is 150 Å². The molecule has 1 aliphatic rings. The van der Waals surface area contributed by atoms with Crippen molar-refractivity contribution in [2.45, 2.75) is 35.4 Å². The van der Waals surface area contributed by atoms with E-state index in [2.05, 4.69) is 11.8 Å². The largest absolute Gasteiger partial charge is 0.481 e. The average molecular weight is 424 g/mol. The number of nitrogens with one attached hydrogen (secondary N) is 1. The van der Waals surface area contributed by atoms with E-state index >= 15 is 0 Å². The van der Waals surface area contributed by atoms with Crippen LogP contribution in [-0.2, 0) is 19.4 Å². The van der Waals surface area contributed by atoms with Crippen LogP contribution in [0.1, 0.15) is 19.8 Å². The second-order valence-corrected chi connectivity index (χ2v) is 8.52. The lowest BCUT2D eigenvalue weighted by Gasteiger charge is -2.41.